The molecule has 4 nitrogen and oxygen atoms in total. The van der Waals surface area contributed by atoms with Gasteiger partial charge in [0.25, 0.3) is 8.03 Å². The molecule has 0 heterocycles. The van der Waals surface area contributed by atoms with E-state index < -0.39 is 13.7 Å². The third-order valence-corrected chi connectivity index (χ3v) is 1.75. The van der Waals surface area contributed by atoms with Crippen molar-refractivity contribution in [2.24, 2.45) is 0 Å². The molecule has 11 heavy (non-hydrogen) atoms. The zero-order valence-electron chi connectivity index (χ0n) is 6.34. The largest absolute Gasteiger partial charge is 0.462 e. The van der Waals surface area contributed by atoms with Gasteiger partial charge in [-0.05, 0) is 6.92 Å². The molecular formula is C6H9O4P. The van der Waals surface area contributed by atoms with Crippen molar-refractivity contribution in [1.82, 2.24) is 0 Å². The van der Waals surface area contributed by atoms with Gasteiger partial charge in [0.05, 0.1) is 7.11 Å². The van der Waals surface area contributed by atoms with E-state index in [0.717, 1.165) is 7.11 Å². The molecule has 0 aromatic rings. The summed E-state index contributed by atoms with van der Waals surface area (Å²) < 4.78 is 19.4. The SMILES string of the molecule is CC#CCO[PH](=O)C(=O)OC. The van der Waals surface area contributed by atoms with Crippen molar-refractivity contribution >= 4 is 13.7 Å². The van der Waals surface area contributed by atoms with Crippen LogP contribution in [0, 0.1) is 11.8 Å². The summed E-state index contributed by atoms with van der Waals surface area (Å²) in [5.74, 6) is 5.03. The summed E-state index contributed by atoms with van der Waals surface area (Å²) in [5.41, 5.74) is -0.826. The molecule has 0 aliphatic rings. The molecule has 0 saturated carbocycles. The van der Waals surface area contributed by atoms with Crippen molar-refractivity contribution in [2.75, 3.05) is 13.7 Å². The predicted molar refractivity (Wildman–Crippen MR) is 40.8 cm³/mol. The molecule has 0 bridgehead atoms. The predicted octanol–water partition coefficient (Wildman–Crippen LogP) is 1.27. The third kappa shape index (κ3) is 4.60. The van der Waals surface area contributed by atoms with Crippen LogP contribution in [0.25, 0.3) is 0 Å². The summed E-state index contributed by atoms with van der Waals surface area (Å²) in [6, 6.07) is 0. The monoisotopic (exact) mass is 176 g/mol. The Morgan fingerprint density at radius 3 is 2.73 bits per heavy atom. The molecule has 0 radical (unpaired) electrons. The minimum atomic E-state index is -2.70. The smallest absolute Gasteiger partial charge is 0.388 e. The summed E-state index contributed by atoms with van der Waals surface area (Å²) in [7, 11) is -1.55. The molecule has 1 atom stereocenters. The van der Waals surface area contributed by atoms with E-state index in [1.54, 1.807) is 6.92 Å². The Morgan fingerprint density at radius 2 is 2.27 bits per heavy atom. The zero-order valence-corrected chi connectivity index (χ0v) is 7.34. The van der Waals surface area contributed by atoms with Crippen LogP contribution in [-0.4, -0.2) is 19.4 Å². The molecular weight excluding hydrogens is 167 g/mol. The molecule has 0 saturated heterocycles. The van der Waals surface area contributed by atoms with Gasteiger partial charge in [-0.2, -0.15) is 0 Å². The number of hydrogen-bond donors (Lipinski definition) is 0. The van der Waals surface area contributed by atoms with E-state index >= 15 is 0 Å². The molecule has 0 spiro atoms. The number of rotatable bonds is 3. The number of hydrogen-bond acceptors (Lipinski definition) is 4. The van der Waals surface area contributed by atoms with Crippen LogP contribution in [0.3, 0.4) is 0 Å². The highest BCUT2D eigenvalue weighted by atomic mass is 31.1. The van der Waals surface area contributed by atoms with Crippen molar-refractivity contribution in [3.8, 4) is 11.8 Å². The molecule has 0 aliphatic carbocycles. The number of methoxy groups -OCH3 is 1. The lowest BCUT2D eigenvalue weighted by atomic mass is 10.6. The van der Waals surface area contributed by atoms with Crippen LogP contribution < -0.4 is 0 Å². The second-order valence-electron chi connectivity index (χ2n) is 1.49. The van der Waals surface area contributed by atoms with Crippen LogP contribution in [0.2, 0.25) is 0 Å². The van der Waals surface area contributed by atoms with Crippen molar-refractivity contribution in [3.63, 3.8) is 0 Å². The normalized spacial score (nSPS) is 11.1. The van der Waals surface area contributed by atoms with Crippen LogP contribution in [0.1, 0.15) is 6.92 Å². The molecule has 0 aromatic heterocycles. The highest BCUT2D eigenvalue weighted by Crippen LogP contribution is 2.23. The Hall–Kier alpha value is -0.780. The number of carbonyl (C=O) groups is 1. The minimum absolute atomic E-state index is 0.00337. The van der Waals surface area contributed by atoms with Crippen LogP contribution in [-0.2, 0) is 13.8 Å². The van der Waals surface area contributed by atoms with Crippen LogP contribution in [0.15, 0.2) is 0 Å². The Kier molecular flexibility index (Phi) is 5.54. The van der Waals surface area contributed by atoms with Gasteiger partial charge in [0.1, 0.15) is 6.61 Å². The maximum atomic E-state index is 10.7. The first-order valence-electron chi connectivity index (χ1n) is 2.87. The summed E-state index contributed by atoms with van der Waals surface area (Å²) >= 11 is 0. The topological polar surface area (TPSA) is 52.6 Å². The van der Waals surface area contributed by atoms with E-state index in [-0.39, 0.29) is 6.61 Å². The van der Waals surface area contributed by atoms with Gasteiger partial charge in [0.2, 0.25) is 0 Å². The van der Waals surface area contributed by atoms with Gasteiger partial charge in [-0.3, -0.25) is 4.57 Å². The fourth-order valence-electron chi connectivity index (χ4n) is 0.316. The Bertz CT molecular complexity index is 212. The van der Waals surface area contributed by atoms with E-state index in [2.05, 4.69) is 21.1 Å². The van der Waals surface area contributed by atoms with E-state index in [0.29, 0.717) is 0 Å². The van der Waals surface area contributed by atoms with Gasteiger partial charge < -0.3 is 9.26 Å². The fourth-order valence-corrected chi connectivity index (χ4v) is 0.804. The summed E-state index contributed by atoms with van der Waals surface area (Å²) in [5, 5.41) is 0. The van der Waals surface area contributed by atoms with Crippen LogP contribution in [0.5, 0.6) is 0 Å². The lowest BCUT2D eigenvalue weighted by Crippen LogP contribution is -1.93. The Labute approximate surface area is 65.7 Å². The molecule has 1 unspecified atom stereocenters. The molecule has 62 valence electrons. The van der Waals surface area contributed by atoms with Crippen LogP contribution in [0.4, 0.5) is 4.79 Å². The lowest BCUT2D eigenvalue weighted by Gasteiger charge is -1.96. The molecule has 0 amide bonds. The van der Waals surface area contributed by atoms with Gasteiger partial charge in [0.15, 0.2) is 0 Å². The molecule has 0 aromatic carbocycles. The Morgan fingerprint density at radius 1 is 1.64 bits per heavy atom. The first-order chi connectivity index (χ1) is 5.22. The molecule has 0 aliphatic heterocycles. The molecule has 0 fully saturated rings. The minimum Gasteiger partial charge on any atom is -0.462 e. The first-order valence-corrected chi connectivity index (χ1v) is 4.18. The second-order valence-corrected chi connectivity index (χ2v) is 2.77. The summed E-state index contributed by atoms with van der Waals surface area (Å²) in [4.78, 5) is 10.4. The second kappa shape index (κ2) is 5.96. The van der Waals surface area contributed by atoms with Crippen molar-refractivity contribution in [3.05, 3.63) is 0 Å². The van der Waals surface area contributed by atoms with Gasteiger partial charge in [0, 0.05) is 0 Å². The van der Waals surface area contributed by atoms with Crippen molar-refractivity contribution in [2.45, 2.75) is 6.92 Å². The highest BCUT2D eigenvalue weighted by Gasteiger charge is 2.09. The summed E-state index contributed by atoms with van der Waals surface area (Å²) in [6.45, 7) is 1.63. The average Bonchev–Trinajstić information content (AvgIpc) is 2.03. The molecule has 0 N–H and O–H groups in total. The van der Waals surface area contributed by atoms with E-state index in [9.17, 15) is 9.36 Å². The van der Waals surface area contributed by atoms with E-state index in [4.69, 9.17) is 0 Å². The van der Waals surface area contributed by atoms with Gasteiger partial charge in [-0.25, -0.2) is 4.79 Å². The van der Waals surface area contributed by atoms with Gasteiger partial charge in [-0.15, -0.1) is 5.92 Å². The maximum absolute atomic E-state index is 10.7. The Balaban J connectivity index is 3.67. The molecule has 5 heteroatoms. The number of carbonyl (C=O) groups excluding carboxylic acids is 1. The lowest BCUT2D eigenvalue weighted by molar-refractivity contribution is 0.193. The summed E-state index contributed by atoms with van der Waals surface area (Å²) in [6.07, 6.45) is 0. The standard InChI is InChI=1S/C6H9O4P/c1-3-4-5-10-11(8)6(7)9-2/h11H,5H2,1-2H3. The van der Waals surface area contributed by atoms with Crippen LogP contribution >= 0.6 is 8.03 Å². The third-order valence-electron chi connectivity index (χ3n) is 0.804. The zero-order chi connectivity index (χ0) is 8.69. The van der Waals surface area contributed by atoms with E-state index in [1.165, 1.54) is 0 Å². The van der Waals surface area contributed by atoms with Crippen molar-refractivity contribution in [1.29, 1.82) is 0 Å². The average molecular weight is 176 g/mol. The maximum Gasteiger partial charge on any atom is 0.388 e. The highest BCUT2D eigenvalue weighted by molar-refractivity contribution is 7.58. The van der Waals surface area contributed by atoms with Gasteiger partial charge >= 0.3 is 5.71 Å². The first kappa shape index (κ1) is 10.2. The van der Waals surface area contributed by atoms with E-state index in [1.807, 2.05) is 0 Å². The quantitative estimate of drug-likeness (QED) is 0.480. The fraction of sp³-hybridized carbons (Fsp3) is 0.500. The molecule has 0 rings (SSSR count). The number of ether oxygens (including phenoxy) is 1. The van der Waals surface area contributed by atoms with Gasteiger partial charge in [-0.1, -0.05) is 5.92 Å². The van der Waals surface area contributed by atoms with Crippen molar-refractivity contribution < 1.29 is 18.6 Å².